The van der Waals surface area contributed by atoms with Gasteiger partial charge in [0, 0.05) is 5.56 Å². The van der Waals surface area contributed by atoms with Gasteiger partial charge in [-0.25, -0.2) is 8.42 Å². The van der Waals surface area contributed by atoms with Gasteiger partial charge in [-0.05, 0) is 61.4 Å². The Morgan fingerprint density at radius 3 is 2.12 bits per heavy atom. The molecule has 0 aliphatic rings. The highest BCUT2D eigenvalue weighted by atomic mass is 32.2. The molecule has 0 unspecified atom stereocenters. The number of sulfonamides is 1. The Hall–Kier alpha value is -3.52. The van der Waals surface area contributed by atoms with Crippen LogP contribution < -0.4 is 19.1 Å². The van der Waals surface area contributed by atoms with Crippen molar-refractivity contribution >= 4 is 21.6 Å². The molecule has 3 rings (SSSR count). The molecular weight excluding hydrogens is 452 g/mol. The molecule has 0 aliphatic heterocycles. The summed E-state index contributed by atoms with van der Waals surface area (Å²) in [6.45, 7) is 4.06. The SMILES string of the molecule is COc1ccc([C@@H](C)NC(=O)c2ccc(N(Cc3ccc(C)cc3)S(C)(=O)=O)cc2)cc1OC. The predicted octanol–water partition coefficient (Wildman–Crippen LogP) is 4.47. The van der Waals surface area contributed by atoms with E-state index in [1.165, 1.54) is 10.6 Å². The maximum atomic E-state index is 12.8. The maximum Gasteiger partial charge on any atom is 0.251 e. The monoisotopic (exact) mass is 482 g/mol. The Morgan fingerprint density at radius 1 is 0.941 bits per heavy atom. The summed E-state index contributed by atoms with van der Waals surface area (Å²) in [5.41, 5.74) is 3.77. The van der Waals surface area contributed by atoms with Crippen molar-refractivity contribution in [3.05, 3.63) is 89.0 Å². The number of benzene rings is 3. The van der Waals surface area contributed by atoms with E-state index in [1.54, 1.807) is 44.6 Å². The number of rotatable bonds is 9. The molecule has 0 saturated carbocycles. The molecule has 1 atom stereocenters. The van der Waals surface area contributed by atoms with Crippen LogP contribution in [0.1, 0.15) is 40.0 Å². The summed E-state index contributed by atoms with van der Waals surface area (Å²) >= 11 is 0. The van der Waals surface area contributed by atoms with E-state index < -0.39 is 10.0 Å². The van der Waals surface area contributed by atoms with E-state index in [2.05, 4.69) is 5.32 Å². The van der Waals surface area contributed by atoms with Crippen molar-refractivity contribution in [2.24, 2.45) is 0 Å². The summed E-state index contributed by atoms with van der Waals surface area (Å²) in [6, 6.07) is 19.4. The van der Waals surface area contributed by atoms with Crippen LogP contribution >= 0.6 is 0 Å². The quantitative estimate of drug-likeness (QED) is 0.486. The Morgan fingerprint density at radius 2 is 1.56 bits per heavy atom. The molecule has 0 aromatic heterocycles. The van der Waals surface area contributed by atoms with Gasteiger partial charge in [-0.15, -0.1) is 0 Å². The molecule has 7 nitrogen and oxygen atoms in total. The molecule has 34 heavy (non-hydrogen) atoms. The molecule has 0 radical (unpaired) electrons. The van der Waals surface area contributed by atoms with Crippen molar-refractivity contribution in [2.45, 2.75) is 26.4 Å². The molecule has 0 bridgehead atoms. The van der Waals surface area contributed by atoms with Gasteiger partial charge in [0.2, 0.25) is 10.0 Å². The fourth-order valence-corrected chi connectivity index (χ4v) is 4.41. The lowest BCUT2D eigenvalue weighted by Gasteiger charge is -2.23. The van der Waals surface area contributed by atoms with E-state index in [0.29, 0.717) is 22.7 Å². The highest BCUT2D eigenvalue weighted by Gasteiger charge is 2.19. The van der Waals surface area contributed by atoms with Crippen LogP contribution in [0.4, 0.5) is 5.69 Å². The van der Waals surface area contributed by atoms with Gasteiger partial charge >= 0.3 is 0 Å². The highest BCUT2D eigenvalue weighted by molar-refractivity contribution is 7.92. The minimum atomic E-state index is -3.52. The number of nitrogens with one attached hydrogen (secondary N) is 1. The summed E-state index contributed by atoms with van der Waals surface area (Å²) in [5.74, 6) is 0.930. The maximum absolute atomic E-state index is 12.8. The number of nitrogens with zero attached hydrogens (tertiary/aromatic N) is 1. The molecule has 0 fully saturated rings. The van der Waals surface area contributed by atoms with E-state index >= 15 is 0 Å². The zero-order chi connectivity index (χ0) is 24.9. The molecule has 0 spiro atoms. The second-order valence-corrected chi connectivity index (χ2v) is 10.0. The van der Waals surface area contributed by atoms with Crippen molar-refractivity contribution in [3.63, 3.8) is 0 Å². The number of carbonyl (C=O) groups is 1. The number of methoxy groups -OCH3 is 2. The van der Waals surface area contributed by atoms with Gasteiger partial charge in [0.05, 0.1) is 38.7 Å². The minimum absolute atomic E-state index is 0.209. The Balaban J connectivity index is 1.75. The molecule has 8 heteroatoms. The van der Waals surface area contributed by atoms with Crippen LogP contribution in [0.3, 0.4) is 0 Å². The summed E-state index contributed by atoms with van der Waals surface area (Å²) in [7, 11) is -0.388. The third-order valence-electron chi connectivity index (χ3n) is 5.52. The average molecular weight is 483 g/mol. The predicted molar refractivity (Wildman–Crippen MR) is 134 cm³/mol. The third kappa shape index (κ3) is 6.08. The van der Waals surface area contributed by atoms with Crippen molar-refractivity contribution in [1.82, 2.24) is 5.32 Å². The van der Waals surface area contributed by atoms with Crippen LogP contribution in [0.2, 0.25) is 0 Å². The highest BCUT2D eigenvalue weighted by Crippen LogP contribution is 2.30. The van der Waals surface area contributed by atoms with E-state index in [9.17, 15) is 13.2 Å². The Kier molecular flexibility index (Phi) is 7.83. The van der Waals surface area contributed by atoms with Gasteiger partial charge < -0.3 is 14.8 Å². The second-order valence-electron chi connectivity index (χ2n) is 8.11. The lowest BCUT2D eigenvalue weighted by molar-refractivity contribution is 0.0940. The number of carbonyl (C=O) groups excluding carboxylic acids is 1. The lowest BCUT2D eigenvalue weighted by Crippen LogP contribution is -2.29. The number of amides is 1. The minimum Gasteiger partial charge on any atom is -0.493 e. The number of aryl methyl sites for hydroxylation is 1. The van der Waals surface area contributed by atoms with Gasteiger partial charge in [0.1, 0.15) is 0 Å². The van der Waals surface area contributed by atoms with E-state index in [4.69, 9.17) is 9.47 Å². The number of hydrogen-bond acceptors (Lipinski definition) is 5. The smallest absolute Gasteiger partial charge is 0.251 e. The van der Waals surface area contributed by atoms with Crippen LogP contribution in [0.25, 0.3) is 0 Å². The standard InChI is InChI=1S/C26H30N2O5S/c1-18-6-8-20(9-7-18)17-28(34(5,30)31)23-13-10-21(11-14-23)26(29)27-19(2)22-12-15-24(32-3)25(16-22)33-4/h6-16,19H,17H2,1-5H3,(H,27,29)/t19-/m1/s1. The number of anilines is 1. The first-order valence-electron chi connectivity index (χ1n) is 10.8. The summed E-state index contributed by atoms with van der Waals surface area (Å²) in [5, 5.41) is 2.96. The third-order valence-corrected chi connectivity index (χ3v) is 6.66. The van der Waals surface area contributed by atoms with Crippen LogP contribution in [0.15, 0.2) is 66.7 Å². The summed E-state index contributed by atoms with van der Waals surface area (Å²) < 4.78 is 36.8. The van der Waals surface area contributed by atoms with Gasteiger partial charge in [-0.3, -0.25) is 9.10 Å². The van der Waals surface area contributed by atoms with Gasteiger partial charge in [-0.2, -0.15) is 0 Å². The lowest BCUT2D eigenvalue weighted by atomic mass is 10.1. The molecule has 1 N–H and O–H groups in total. The van der Waals surface area contributed by atoms with Crippen LogP contribution in [-0.2, 0) is 16.6 Å². The number of hydrogen-bond donors (Lipinski definition) is 1. The molecular formula is C26H30N2O5S. The first kappa shape index (κ1) is 25.1. The average Bonchev–Trinajstić information content (AvgIpc) is 2.82. The van der Waals surface area contributed by atoms with E-state index in [1.807, 2.05) is 50.2 Å². The molecule has 1 amide bonds. The van der Waals surface area contributed by atoms with Gasteiger partial charge in [0.15, 0.2) is 11.5 Å². The molecule has 0 heterocycles. The van der Waals surface area contributed by atoms with Crippen LogP contribution in [0.5, 0.6) is 11.5 Å². The second kappa shape index (κ2) is 10.6. The fraction of sp³-hybridized carbons (Fsp3) is 0.269. The van der Waals surface area contributed by atoms with E-state index in [-0.39, 0.29) is 18.5 Å². The van der Waals surface area contributed by atoms with Crippen molar-refractivity contribution in [3.8, 4) is 11.5 Å². The number of ether oxygens (including phenoxy) is 2. The summed E-state index contributed by atoms with van der Waals surface area (Å²) in [4.78, 5) is 12.8. The normalized spacial score (nSPS) is 12.0. The first-order chi connectivity index (χ1) is 16.1. The van der Waals surface area contributed by atoms with Crippen molar-refractivity contribution in [2.75, 3.05) is 24.8 Å². The van der Waals surface area contributed by atoms with Gasteiger partial charge in [-0.1, -0.05) is 35.9 Å². The zero-order valence-corrected chi connectivity index (χ0v) is 20.8. The molecule has 0 aliphatic carbocycles. The van der Waals surface area contributed by atoms with Crippen molar-refractivity contribution < 1.29 is 22.7 Å². The largest absolute Gasteiger partial charge is 0.493 e. The molecule has 0 saturated heterocycles. The Labute approximate surface area is 201 Å². The molecule has 3 aromatic carbocycles. The van der Waals surface area contributed by atoms with Crippen molar-refractivity contribution in [1.29, 1.82) is 0 Å². The molecule has 180 valence electrons. The Bertz CT molecular complexity index is 1240. The van der Waals surface area contributed by atoms with Crippen LogP contribution in [0, 0.1) is 6.92 Å². The molecule has 3 aromatic rings. The topological polar surface area (TPSA) is 84.9 Å². The van der Waals surface area contributed by atoms with Crippen LogP contribution in [-0.4, -0.2) is 34.8 Å². The zero-order valence-electron chi connectivity index (χ0n) is 20.0. The fourth-order valence-electron chi connectivity index (χ4n) is 3.52. The first-order valence-corrected chi connectivity index (χ1v) is 12.6. The van der Waals surface area contributed by atoms with Gasteiger partial charge in [0.25, 0.3) is 5.91 Å². The summed E-state index contributed by atoms with van der Waals surface area (Å²) in [6.07, 6.45) is 1.17. The van der Waals surface area contributed by atoms with E-state index in [0.717, 1.165) is 16.7 Å².